The maximum absolute atomic E-state index is 5.49. The molecule has 4 heteroatoms. The number of hydrogen-bond acceptors (Lipinski definition) is 4. The SMILES string of the molecule is NCCN1CN2CCN(C1)C2. The molecule has 64 valence electrons. The average Bonchev–Trinajstić information content (AvgIpc) is 2.32. The molecule has 2 bridgehead atoms. The van der Waals surface area contributed by atoms with Gasteiger partial charge < -0.3 is 5.73 Å². The molecule has 2 aliphatic heterocycles. The largest absolute Gasteiger partial charge is 0.329 e. The lowest BCUT2D eigenvalue weighted by Crippen LogP contribution is -2.49. The first-order chi connectivity index (χ1) is 5.38. The van der Waals surface area contributed by atoms with Crippen molar-refractivity contribution in [3.05, 3.63) is 0 Å². The number of rotatable bonds is 2. The standard InChI is InChI=1S/C7H16N4/c8-1-2-9-5-10-3-4-11(6-9)7-10/h1-8H2. The fourth-order valence-electron chi connectivity index (χ4n) is 1.87. The highest BCUT2D eigenvalue weighted by molar-refractivity contribution is 4.76. The molecule has 4 nitrogen and oxygen atoms in total. The minimum Gasteiger partial charge on any atom is -0.329 e. The summed E-state index contributed by atoms with van der Waals surface area (Å²) in [6.07, 6.45) is 0. The van der Waals surface area contributed by atoms with Crippen LogP contribution in [0.4, 0.5) is 0 Å². The molecule has 2 atom stereocenters. The molecular weight excluding hydrogens is 140 g/mol. The van der Waals surface area contributed by atoms with Gasteiger partial charge >= 0.3 is 0 Å². The smallest absolute Gasteiger partial charge is 0.0531 e. The van der Waals surface area contributed by atoms with E-state index in [1.54, 1.807) is 0 Å². The highest BCUT2D eigenvalue weighted by atomic mass is 15.5. The normalized spacial score (nSPS) is 37.9. The third-order valence-electron chi connectivity index (χ3n) is 2.38. The van der Waals surface area contributed by atoms with E-state index in [2.05, 4.69) is 14.7 Å². The Morgan fingerprint density at radius 2 is 1.64 bits per heavy atom. The fraction of sp³-hybridized carbons (Fsp3) is 1.00. The molecule has 2 N–H and O–H groups in total. The van der Waals surface area contributed by atoms with Crippen molar-refractivity contribution in [3.8, 4) is 0 Å². The zero-order valence-electron chi connectivity index (χ0n) is 6.87. The molecule has 0 saturated carbocycles. The topological polar surface area (TPSA) is 35.7 Å². The monoisotopic (exact) mass is 156 g/mol. The molecule has 0 spiro atoms. The first kappa shape index (κ1) is 7.49. The maximum Gasteiger partial charge on any atom is 0.0531 e. The minimum atomic E-state index is 0.779. The lowest BCUT2D eigenvalue weighted by Gasteiger charge is -2.34. The molecular formula is C7H16N4. The van der Waals surface area contributed by atoms with Crippen molar-refractivity contribution >= 4 is 0 Å². The van der Waals surface area contributed by atoms with Crippen molar-refractivity contribution in [3.63, 3.8) is 0 Å². The van der Waals surface area contributed by atoms with Crippen LogP contribution in [-0.4, -0.2) is 60.9 Å². The van der Waals surface area contributed by atoms with Crippen molar-refractivity contribution < 1.29 is 0 Å². The summed E-state index contributed by atoms with van der Waals surface area (Å²) in [5.41, 5.74) is 5.49. The Balaban J connectivity index is 1.87. The van der Waals surface area contributed by atoms with Gasteiger partial charge in [-0.3, -0.25) is 14.7 Å². The molecule has 2 unspecified atom stereocenters. The second kappa shape index (κ2) is 3.06. The predicted molar refractivity (Wildman–Crippen MR) is 43.8 cm³/mol. The predicted octanol–water partition coefficient (Wildman–Crippen LogP) is -1.25. The van der Waals surface area contributed by atoms with Crippen LogP contribution in [0.25, 0.3) is 0 Å². The minimum absolute atomic E-state index is 0.779. The van der Waals surface area contributed by atoms with Crippen molar-refractivity contribution in [2.24, 2.45) is 5.73 Å². The zero-order valence-corrected chi connectivity index (χ0v) is 6.87. The van der Waals surface area contributed by atoms with Crippen LogP contribution in [-0.2, 0) is 0 Å². The first-order valence-electron chi connectivity index (χ1n) is 4.25. The van der Waals surface area contributed by atoms with Gasteiger partial charge in [0.25, 0.3) is 0 Å². The van der Waals surface area contributed by atoms with Crippen LogP contribution in [0, 0.1) is 0 Å². The van der Waals surface area contributed by atoms with Crippen LogP contribution in [0.5, 0.6) is 0 Å². The van der Waals surface area contributed by atoms with Gasteiger partial charge in [-0.15, -0.1) is 0 Å². The Hall–Kier alpha value is -0.160. The maximum atomic E-state index is 5.49. The average molecular weight is 156 g/mol. The molecule has 0 aromatic rings. The van der Waals surface area contributed by atoms with Crippen molar-refractivity contribution in [2.75, 3.05) is 46.2 Å². The van der Waals surface area contributed by atoms with E-state index in [1.165, 1.54) is 19.8 Å². The van der Waals surface area contributed by atoms with Gasteiger partial charge in [0.05, 0.1) is 20.0 Å². The lowest BCUT2D eigenvalue weighted by atomic mass is 10.5. The van der Waals surface area contributed by atoms with Gasteiger partial charge in [0.15, 0.2) is 0 Å². The second-order valence-electron chi connectivity index (χ2n) is 3.40. The lowest BCUT2D eigenvalue weighted by molar-refractivity contribution is 0.0365. The highest BCUT2D eigenvalue weighted by Gasteiger charge is 2.27. The third kappa shape index (κ3) is 1.54. The van der Waals surface area contributed by atoms with E-state index in [0.29, 0.717) is 0 Å². The van der Waals surface area contributed by atoms with E-state index in [1.807, 2.05) is 0 Å². The number of nitrogens with zero attached hydrogens (tertiary/aromatic N) is 3. The van der Waals surface area contributed by atoms with Gasteiger partial charge in [-0.2, -0.15) is 0 Å². The Morgan fingerprint density at radius 3 is 2.18 bits per heavy atom. The quantitative estimate of drug-likeness (QED) is 0.542. The summed E-state index contributed by atoms with van der Waals surface area (Å²) in [6, 6.07) is 0. The van der Waals surface area contributed by atoms with Gasteiger partial charge in [-0.1, -0.05) is 0 Å². The van der Waals surface area contributed by atoms with Crippen molar-refractivity contribution in [1.29, 1.82) is 0 Å². The molecule has 0 aliphatic carbocycles. The van der Waals surface area contributed by atoms with Crippen molar-refractivity contribution in [1.82, 2.24) is 14.7 Å². The van der Waals surface area contributed by atoms with E-state index in [4.69, 9.17) is 5.73 Å². The van der Waals surface area contributed by atoms with Crippen LogP contribution in [0.2, 0.25) is 0 Å². The van der Waals surface area contributed by atoms with Gasteiger partial charge in [0.1, 0.15) is 0 Å². The molecule has 2 heterocycles. The number of nitrogens with two attached hydrogens (primary N) is 1. The van der Waals surface area contributed by atoms with Gasteiger partial charge in [-0.05, 0) is 0 Å². The molecule has 0 aromatic heterocycles. The highest BCUT2D eigenvalue weighted by Crippen LogP contribution is 2.12. The number of fused-ring (bicyclic) bond motifs is 2. The Labute approximate surface area is 67.5 Å². The summed E-state index contributed by atoms with van der Waals surface area (Å²) in [5.74, 6) is 0. The molecule has 0 amide bonds. The molecule has 0 radical (unpaired) electrons. The Bertz CT molecular complexity index is 126. The van der Waals surface area contributed by atoms with Crippen LogP contribution in [0.1, 0.15) is 0 Å². The van der Waals surface area contributed by atoms with Gasteiger partial charge in [0.2, 0.25) is 0 Å². The summed E-state index contributed by atoms with van der Waals surface area (Å²) in [4.78, 5) is 7.31. The Morgan fingerprint density at radius 1 is 1.00 bits per heavy atom. The van der Waals surface area contributed by atoms with Gasteiger partial charge in [-0.25, -0.2) is 0 Å². The zero-order chi connectivity index (χ0) is 7.68. The number of hydrogen-bond donors (Lipinski definition) is 1. The molecule has 11 heavy (non-hydrogen) atoms. The fourth-order valence-corrected chi connectivity index (χ4v) is 1.87. The second-order valence-corrected chi connectivity index (χ2v) is 3.40. The summed E-state index contributed by atoms with van der Waals surface area (Å²) >= 11 is 0. The molecule has 0 aromatic carbocycles. The van der Waals surface area contributed by atoms with Crippen molar-refractivity contribution in [2.45, 2.75) is 0 Å². The summed E-state index contributed by atoms with van der Waals surface area (Å²) in [6.45, 7) is 7.69. The van der Waals surface area contributed by atoms with Gasteiger partial charge in [0, 0.05) is 26.2 Å². The van der Waals surface area contributed by atoms with Crippen LogP contribution < -0.4 is 5.73 Å². The molecule has 2 fully saturated rings. The molecule has 2 saturated heterocycles. The van der Waals surface area contributed by atoms with E-state index >= 15 is 0 Å². The first-order valence-corrected chi connectivity index (χ1v) is 4.25. The summed E-state index contributed by atoms with van der Waals surface area (Å²) in [7, 11) is 0. The third-order valence-corrected chi connectivity index (χ3v) is 2.38. The van der Waals surface area contributed by atoms with E-state index in [-0.39, 0.29) is 0 Å². The van der Waals surface area contributed by atoms with E-state index < -0.39 is 0 Å². The molecule has 2 rings (SSSR count). The summed E-state index contributed by atoms with van der Waals surface area (Å²) in [5, 5.41) is 0. The van der Waals surface area contributed by atoms with Crippen LogP contribution in [0.3, 0.4) is 0 Å². The van der Waals surface area contributed by atoms with E-state index in [9.17, 15) is 0 Å². The Kier molecular flexibility index (Phi) is 2.09. The van der Waals surface area contributed by atoms with E-state index in [0.717, 1.165) is 26.4 Å². The molecule has 2 aliphatic rings. The van der Waals surface area contributed by atoms with Crippen LogP contribution in [0.15, 0.2) is 0 Å². The summed E-state index contributed by atoms with van der Waals surface area (Å²) < 4.78 is 0. The van der Waals surface area contributed by atoms with Crippen LogP contribution >= 0.6 is 0 Å².